The maximum absolute atomic E-state index is 13.5. The van der Waals surface area contributed by atoms with Crippen LogP contribution >= 0.6 is 11.6 Å². The van der Waals surface area contributed by atoms with E-state index in [1.807, 2.05) is 0 Å². The van der Waals surface area contributed by atoms with Gasteiger partial charge in [0.25, 0.3) is 5.91 Å². The summed E-state index contributed by atoms with van der Waals surface area (Å²) in [6.45, 7) is 2.79. The van der Waals surface area contributed by atoms with Gasteiger partial charge in [-0.25, -0.2) is 0 Å². The summed E-state index contributed by atoms with van der Waals surface area (Å²) in [5, 5.41) is 4.57. The van der Waals surface area contributed by atoms with Crippen molar-refractivity contribution >= 4 is 29.1 Å². The highest BCUT2D eigenvalue weighted by Gasteiger charge is 2.34. The molecule has 1 fully saturated rings. The molecule has 0 unspecified atom stereocenters. The number of ether oxygens (including phenoxy) is 2. The van der Waals surface area contributed by atoms with Gasteiger partial charge in [0, 0.05) is 38.3 Å². The molecule has 0 atom stereocenters. The van der Waals surface area contributed by atoms with Crippen molar-refractivity contribution in [2.75, 3.05) is 38.6 Å². The summed E-state index contributed by atoms with van der Waals surface area (Å²) < 4.78 is 52.0. The summed E-state index contributed by atoms with van der Waals surface area (Å²) >= 11 is 5.91. The van der Waals surface area contributed by atoms with Crippen LogP contribution in [0.25, 0.3) is 0 Å². The number of anilines is 1. The van der Waals surface area contributed by atoms with Gasteiger partial charge in [0.15, 0.2) is 0 Å². The van der Waals surface area contributed by atoms with Crippen LogP contribution < -0.4 is 20.1 Å². The molecule has 1 aromatic heterocycles. The van der Waals surface area contributed by atoms with E-state index in [-0.39, 0.29) is 36.1 Å². The van der Waals surface area contributed by atoms with E-state index in [0.717, 1.165) is 43.6 Å². The van der Waals surface area contributed by atoms with Gasteiger partial charge in [-0.1, -0.05) is 23.7 Å². The van der Waals surface area contributed by atoms with Crippen LogP contribution in [0.5, 0.6) is 17.2 Å². The lowest BCUT2D eigenvalue weighted by Crippen LogP contribution is -2.25. The Hall–Kier alpha value is -3.83. The number of nitrogens with one attached hydrogen (secondary N) is 2. The average molecular weight is 591 g/mol. The van der Waals surface area contributed by atoms with Gasteiger partial charge in [0.05, 0.1) is 16.3 Å². The number of benzene rings is 2. The van der Waals surface area contributed by atoms with Crippen LogP contribution in [0.15, 0.2) is 54.7 Å². The molecule has 1 saturated heterocycles. The monoisotopic (exact) mass is 590 g/mol. The van der Waals surface area contributed by atoms with E-state index in [1.165, 1.54) is 19.3 Å². The Morgan fingerprint density at radius 3 is 2.46 bits per heavy atom. The molecule has 0 spiro atoms. The number of aryl methyl sites for hydroxylation is 1. The molecule has 0 radical (unpaired) electrons. The van der Waals surface area contributed by atoms with Crippen molar-refractivity contribution in [3.8, 4) is 17.2 Å². The molecule has 0 bridgehead atoms. The molecule has 1 aliphatic heterocycles. The first kappa shape index (κ1) is 30.1. The molecule has 1 aliphatic rings. The fourth-order valence-electron chi connectivity index (χ4n) is 4.34. The Kier molecular flexibility index (Phi) is 10.1. The lowest BCUT2D eigenvalue weighted by Gasteiger charge is -2.19. The SMILES string of the molecule is CNC(=O)c1cc(Oc2ccc(CCC(=O)Nc3cc(C(F)(F)F)c(Cl)cc3OCCN3CCCC3)cc2)ccn1. The quantitative estimate of drug-likeness (QED) is 0.287. The zero-order valence-corrected chi connectivity index (χ0v) is 23.1. The maximum Gasteiger partial charge on any atom is 0.417 e. The van der Waals surface area contributed by atoms with Gasteiger partial charge < -0.3 is 20.1 Å². The number of halogens is 4. The van der Waals surface area contributed by atoms with Gasteiger partial charge in [-0.15, -0.1) is 0 Å². The lowest BCUT2D eigenvalue weighted by atomic mass is 10.1. The van der Waals surface area contributed by atoms with E-state index in [1.54, 1.807) is 30.3 Å². The molecule has 2 heterocycles. The number of hydrogen-bond acceptors (Lipinski definition) is 6. The summed E-state index contributed by atoms with van der Waals surface area (Å²) in [5.74, 6) is 0.240. The van der Waals surface area contributed by atoms with Crippen molar-refractivity contribution in [3.05, 3.63) is 76.6 Å². The Morgan fingerprint density at radius 2 is 1.78 bits per heavy atom. The van der Waals surface area contributed by atoms with Crippen LogP contribution in [0.2, 0.25) is 5.02 Å². The van der Waals surface area contributed by atoms with E-state index < -0.39 is 22.7 Å². The Morgan fingerprint density at radius 1 is 1.05 bits per heavy atom. The summed E-state index contributed by atoms with van der Waals surface area (Å²) in [5.41, 5.74) is -0.0859. The molecule has 2 amide bonds. The molecule has 41 heavy (non-hydrogen) atoms. The van der Waals surface area contributed by atoms with Crippen molar-refractivity contribution in [1.82, 2.24) is 15.2 Å². The minimum Gasteiger partial charge on any atom is -0.490 e. The van der Waals surface area contributed by atoms with E-state index in [0.29, 0.717) is 24.5 Å². The second kappa shape index (κ2) is 13.7. The third-order valence-corrected chi connectivity index (χ3v) is 6.82. The number of likely N-dealkylation sites (tertiary alicyclic amines) is 1. The summed E-state index contributed by atoms with van der Waals surface area (Å²) in [4.78, 5) is 30.7. The van der Waals surface area contributed by atoms with Crippen LogP contribution in [-0.2, 0) is 17.4 Å². The van der Waals surface area contributed by atoms with Gasteiger partial charge in [0.1, 0.15) is 29.5 Å². The molecule has 218 valence electrons. The van der Waals surface area contributed by atoms with Crippen LogP contribution in [0, 0.1) is 0 Å². The highest BCUT2D eigenvalue weighted by Crippen LogP contribution is 2.40. The van der Waals surface area contributed by atoms with E-state index >= 15 is 0 Å². The van der Waals surface area contributed by atoms with Crippen molar-refractivity contribution in [2.24, 2.45) is 0 Å². The number of pyridine rings is 1. The highest BCUT2D eigenvalue weighted by atomic mass is 35.5. The second-order valence-electron chi connectivity index (χ2n) is 9.47. The number of hydrogen-bond donors (Lipinski definition) is 2. The standard InChI is InChI=1S/C29H30ClF3N4O4/c1-34-28(39)25-16-21(10-11-35-25)41-20-7-4-19(5-8-20)6-9-27(38)36-24-17-22(29(31,32)33)23(30)18-26(24)40-15-14-37-12-2-3-13-37/h4-5,7-8,10-11,16-18H,2-3,6,9,12-15H2,1H3,(H,34,39)(H,36,38). The summed E-state index contributed by atoms with van der Waals surface area (Å²) in [6.07, 6.45) is -0.643. The number of alkyl halides is 3. The number of amides is 2. The van der Waals surface area contributed by atoms with Gasteiger partial charge in [-0.05, 0) is 62.2 Å². The zero-order chi connectivity index (χ0) is 29.4. The number of carbonyl (C=O) groups excluding carboxylic acids is 2. The summed E-state index contributed by atoms with van der Waals surface area (Å²) in [6, 6.07) is 12.0. The van der Waals surface area contributed by atoms with Gasteiger partial charge in [-0.3, -0.25) is 19.5 Å². The molecule has 0 aliphatic carbocycles. The van der Waals surface area contributed by atoms with Crippen molar-refractivity contribution < 1.29 is 32.2 Å². The predicted octanol–water partition coefficient (Wildman–Crippen LogP) is 5.95. The van der Waals surface area contributed by atoms with E-state index in [4.69, 9.17) is 21.1 Å². The van der Waals surface area contributed by atoms with Gasteiger partial charge >= 0.3 is 6.18 Å². The third-order valence-electron chi connectivity index (χ3n) is 6.50. The number of rotatable bonds is 11. The largest absolute Gasteiger partial charge is 0.490 e. The minimum absolute atomic E-state index is 0.0250. The van der Waals surface area contributed by atoms with Crippen LogP contribution in [0.1, 0.15) is 40.9 Å². The Labute approximate surface area is 240 Å². The van der Waals surface area contributed by atoms with E-state index in [2.05, 4.69) is 20.5 Å². The maximum atomic E-state index is 13.5. The smallest absolute Gasteiger partial charge is 0.417 e. The van der Waals surface area contributed by atoms with Crippen LogP contribution in [0.3, 0.4) is 0 Å². The molecule has 8 nitrogen and oxygen atoms in total. The molecule has 0 saturated carbocycles. The number of nitrogens with zero attached hydrogens (tertiary/aromatic N) is 2. The lowest BCUT2D eigenvalue weighted by molar-refractivity contribution is -0.137. The van der Waals surface area contributed by atoms with Gasteiger partial charge in [-0.2, -0.15) is 13.2 Å². The average Bonchev–Trinajstić information content (AvgIpc) is 3.46. The fraction of sp³-hybridized carbons (Fsp3) is 0.345. The van der Waals surface area contributed by atoms with Crippen LogP contribution in [0.4, 0.5) is 18.9 Å². The normalized spacial score (nSPS) is 13.6. The van der Waals surface area contributed by atoms with Gasteiger partial charge in [0.2, 0.25) is 5.91 Å². The van der Waals surface area contributed by atoms with Crippen molar-refractivity contribution in [3.63, 3.8) is 0 Å². The van der Waals surface area contributed by atoms with Crippen molar-refractivity contribution in [2.45, 2.75) is 31.9 Å². The zero-order valence-electron chi connectivity index (χ0n) is 22.4. The first-order chi connectivity index (χ1) is 19.6. The number of carbonyl (C=O) groups is 2. The van der Waals surface area contributed by atoms with E-state index in [9.17, 15) is 22.8 Å². The Balaban J connectivity index is 1.36. The fourth-order valence-corrected chi connectivity index (χ4v) is 4.60. The minimum atomic E-state index is -4.69. The van der Waals surface area contributed by atoms with Crippen molar-refractivity contribution in [1.29, 1.82) is 0 Å². The summed E-state index contributed by atoms with van der Waals surface area (Å²) in [7, 11) is 1.51. The molecule has 2 N–H and O–H groups in total. The second-order valence-corrected chi connectivity index (χ2v) is 9.88. The molecular weight excluding hydrogens is 561 g/mol. The predicted molar refractivity (Wildman–Crippen MR) is 149 cm³/mol. The molecule has 3 aromatic rings. The van der Waals surface area contributed by atoms with Crippen LogP contribution in [-0.4, -0.2) is 55.0 Å². The first-order valence-electron chi connectivity index (χ1n) is 13.1. The molecule has 12 heteroatoms. The first-order valence-corrected chi connectivity index (χ1v) is 13.5. The topological polar surface area (TPSA) is 92.8 Å². The Bertz CT molecular complexity index is 1360. The third kappa shape index (κ3) is 8.58. The molecule has 4 rings (SSSR count). The molecule has 2 aromatic carbocycles. The number of aromatic nitrogens is 1. The molecular formula is C29H30ClF3N4O4. The highest BCUT2D eigenvalue weighted by molar-refractivity contribution is 6.31.